The van der Waals surface area contributed by atoms with Crippen LogP contribution in [0.5, 0.6) is 0 Å². The van der Waals surface area contributed by atoms with Crippen LogP contribution in [0.3, 0.4) is 0 Å². The monoisotopic (exact) mass is 749 g/mol. The Morgan fingerprint density at radius 3 is 1.74 bits per heavy atom. The molecule has 0 spiro atoms. The Balaban J connectivity index is 1.02. The Bertz CT molecular complexity index is 3540. The minimum absolute atomic E-state index is 0.513. The van der Waals surface area contributed by atoms with E-state index in [1.54, 1.807) is 11.3 Å². The maximum atomic E-state index is 6.77. The van der Waals surface area contributed by atoms with Crippen molar-refractivity contribution >= 4 is 75.5 Å². The van der Waals surface area contributed by atoms with Crippen LogP contribution in [-0.2, 0) is 0 Å². The summed E-state index contributed by atoms with van der Waals surface area (Å²) in [4.78, 5) is 25.5. The highest BCUT2D eigenvalue weighted by Gasteiger charge is 2.21. The van der Waals surface area contributed by atoms with Crippen molar-refractivity contribution in [2.45, 2.75) is 0 Å². The molecule has 266 valence electrons. The van der Waals surface area contributed by atoms with Gasteiger partial charge in [0.25, 0.3) is 0 Å². The van der Waals surface area contributed by atoms with E-state index in [1.165, 1.54) is 4.70 Å². The predicted molar refractivity (Wildman–Crippen MR) is 230 cm³/mol. The van der Waals surface area contributed by atoms with Gasteiger partial charge in [-0.3, -0.25) is 0 Å². The number of fused-ring (bicyclic) bond motifs is 9. The Morgan fingerprint density at radius 1 is 0.368 bits per heavy atom. The van der Waals surface area contributed by atoms with E-state index < -0.39 is 0 Å². The van der Waals surface area contributed by atoms with Crippen molar-refractivity contribution in [1.29, 1.82) is 0 Å². The molecule has 0 bridgehead atoms. The first-order valence-corrected chi connectivity index (χ1v) is 19.5. The van der Waals surface area contributed by atoms with Gasteiger partial charge in [0.1, 0.15) is 22.3 Å². The lowest BCUT2D eigenvalue weighted by Gasteiger charge is -2.08. The van der Waals surface area contributed by atoms with E-state index in [0.29, 0.717) is 28.9 Å². The Kier molecular flexibility index (Phi) is 6.96. The molecule has 0 fully saturated rings. The van der Waals surface area contributed by atoms with Gasteiger partial charge in [-0.1, -0.05) is 121 Å². The first-order valence-electron chi connectivity index (χ1n) is 18.7. The van der Waals surface area contributed by atoms with Crippen LogP contribution in [0, 0.1) is 0 Å². The zero-order chi connectivity index (χ0) is 37.5. The number of thiophene rings is 1. The number of benzene rings is 7. The summed E-state index contributed by atoms with van der Waals surface area (Å²) in [5.41, 5.74) is 9.31. The topological polar surface area (TPSA) is 90.7 Å². The maximum Gasteiger partial charge on any atom is 0.167 e. The molecule has 0 unspecified atom stereocenters. The van der Waals surface area contributed by atoms with Gasteiger partial charge in [-0.25, -0.2) is 24.9 Å². The first-order chi connectivity index (χ1) is 28.2. The van der Waals surface area contributed by atoms with E-state index in [0.717, 1.165) is 87.4 Å². The van der Waals surface area contributed by atoms with E-state index in [4.69, 9.17) is 33.8 Å². The van der Waals surface area contributed by atoms with Crippen molar-refractivity contribution in [2.75, 3.05) is 0 Å². The van der Waals surface area contributed by atoms with Crippen LogP contribution >= 0.6 is 11.3 Å². The van der Waals surface area contributed by atoms with E-state index >= 15 is 0 Å². The van der Waals surface area contributed by atoms with Gasteiger partial charge in [-0.15, -0.1) is 11.3 Å². The van der Waals surface area contributed by atoms with E-state index in [-0.39, 0.29) is 0 Å². The summed E-state index contributed by atoms with van der Waals surface area (Å²) in [6, 6.07) is 55.2. The lowest BCUT2D eigenvalue weighted by Crippen LogP contribution is -2.00. The van der Waals surface area contributed by atoms with Crippen LogP contribution in [0.2, 0.25) is 0 Å². The fourth-order valence-corrected chi connectivity index (χ4v) is 8.99. The SMILES string of the molecule is c1ccc(-c2nc(-c3ccc4c(c3)oc3ccccc34)nc(-c3cccc4c3oc3cc(-c5nc(-c6ccccc6)c6sc7ccccc7c6n5)ccc34)n2)cc1. The minimum atomic E-state index is 0.513. The van der Waals surface area contributed by atoms with Crippen molar-refractivity contribution < 1.29 is 8.83 Å². The number of nitrogens with zero attached hydrogens (tertiary/aromatic N) is 5. The summed E-state index contributed by atoms with van der Waals surface area (Å²) in [5.74, 6) is 2.26. The summed E-state index contributed by atoms with van der Waals surface area (Å²) in [6.07, 6.45) is 0. The molecule has 0 saturated heterocycles. The Morgan fingerprint density at radius 2 is 0.947 bits per heavy atom. The normalized spacial score (nSPS) is 11.9. The molecule has 5 aromatic heterocycles. The molecular formula is C49H27N5O2S. The van der Waals surface area contributed by atoms with Crippen LogP contribution in [0.15, 0.2) is 173 Å². The summed E-state index contributed by atoms with van der Waals surface area (Å²) in [6.45, 7) is 0. The van der Waals surface area contributed by atoms with Gasteiger partial charge in [0.15, 0.2) is 23.3 Å². The summed E-state index contributed by atoms with van der Waals surface area (Å²) < 4.78 is 15.3. The molecule has 0 aliphatic rings. The molecule has 0 saturated carbocycles. The lowest BCUT2D eigenvalue weighted by molar-refractivity contribution is 0.668. The van der Waals surface area contributed by atoms with Crippen LogP contribution < -0.4 is 0 Å². The summed E-state index contributed by atoms with van der Waals surface area (Å²) in [7, 11) is 0. The molecule has 0 aliphatic heterocycles. The third-order valence-electron chi connectivity index (χ3n) is 10.6. The average Bonchev–Trinajstić information content (AvgIpc) is 3.97. The van der Waals surface area contributed by atoms with Gasteiger partial charge in [0.05, 0.1) is 21.5 Å². The highest BCUT2D eigenvalue weighted by atomic mass is 32.1. The number of furan rings is 2. The second kappa shape index (κ2) is 12.5. The number of para-hydroxylation sites is 2. The standard InChI is InChI=1S/C49H27N5O2S/c1-3-12-28(13-4-1)42-45-43(36-17-8-10-21-41(36)57-45)51-47(50-42)30-23-25-34-35-18-11-19-37(44(35)56-40(34)27-30)49-53-46(29-14-5-2-6-15-29)52-48(54-49)31-22-24-33-32-16-7-9-20-38(32)55-39(33)26-31/h1-27H. The summed E-state index contributed by atoms with van der Waals surface area (Å²) in [5, 5.41) is 5.18. The highest BCUT2D eigenvalue weighted by molar-refractivity contribution is 7.26. The second-order valence-electron chi connectivity index (χ2n) is 14.0. The van der Waals surface area contributed by atoms with Gasteiger partial charge >= 0.3 is 0 Å². The van der Waals surface area contributed by atoms with Gasteiger partial charge in [-0.2, -0.15) is 0 Å². The molecule has 12 aromatic rings. The molecule has 0 amide bonds. The third kappa shape index (κ3) is 5.15. The fourth-order valence-electron chi connectivity index (χ4n) is 7.83. The molecule has 7 nitrogen and oxygen atoms in total. The van der Waals surface area contributed by atoms with Gasteiger partial charge < -0.3 is 8.83 Å². The molecule has 0 N–H and O–H groups in total. The Hall–Kier alpha value is -7.55. The van der Waals surface area contributed by atoms with Crippen molar-refractivity contribution in [1.82, 2.24) is 24.9 Å². The van der Waals surface area contributed by atoms with E-state index in [1.807, 2.05) is 97.1 Å². The average molecular weight is 750 g/mol. The van der Waals surface area contributed by atoms with Gasteiger partial charge in [0, 0.05) is 53.9 Å². The molecule has 0 atom stereocenters. The van der Waals surface area contributed by atoms with Crippen LogP contribution in [0.1, 0.15) is 0 Å². The smallest absolute Gasteiger partial charge is 0.167 e. The number of hydrogen-bond acceptors (Lipinski definition) is 8. The first kappa shape index (κ1) is 31.8. The second-order valence-corrected chi connectivity index (χ2v) is 15.1. The molecule has 5 heterocycles. The van der Waals surface area contributed by atoms with Crippen molar-refractivity contribution in [3.8, 4) is 56.8 Å². The van der Waals surface area contributed by atoms with Crippen molar-refractivity contribution in [3.05, 3.63) is 164 Å². The molecule has 57 heavy (non-hydrogen) atoms. The van der Waals surface area contributed by atoms with E-state index in [2.05, 4.69) is 66.7 Å². The largest absolute Gasteiger partial charge is 0.456 e. The Labute approximate surface area is 328 Å². The molecule has 0 radical (unpaired) electrons. The number of aromatic nitrogens is 5. The zero-order valence-electron chi connectivity index (χ0n) is 30.0. The summed E-state index contributed by atoms with van der Waals surface area (Å²) >= 11 is 1.73. The van der Waals surface area contributed by atoms with Crippen LogP contribution in [0.4, 0.5) is 0 Å². The van der Waals surface area contributed by atoms with Crippen LogP contribution in [-0.4, -0.2) is 24.9 Å². The van der Waals surface area contributed by atoms with Crippen molar-refractivity contribution in [2.24, 2.45) is 0 Å². The quantitative estimate of drug-likeness (QED) is 0.173. The minimum Gasteiger partial charge on any atom is -0.456 e. The lowest BCUT2D eigenvalue weighted by atomic mass is 10.1. The van der Waals surface area contributed by atoms with Crippen molar-refractivity contribution in [3.63, 3.8) is 0 Å². The number of rotatable bonds is 5. The van der Waals surface area contributed by atoms with Gasteiger partial charge in [0.2, 0.25) is 0 Å². The predicted octanol–water partition coefficient (Wildman–Crippen LogP) is 13.2. The molecule has 8 heteroatoms. The molecule has 12 rings (SSSR count). The molecule has 0 aliphatic carbocycles. The number of hydrogen-bond donors (Lipinski definition) is 0. The molecular weight excluding hydrogens is 723 g/mol. The molecule has 7 aromatic carbocycles. The third-order valence-corrected chi connectivity index (χ3v) is 11.7. The van der Waals surface area contributed by atoms with Crippen LogP contribution in [0.25, 0.3) is 121 Å². The zero-order valence-corrected chi connectivity index (χ0v) is 30.9. The van der Waals surface area contributed by atoms with Gasteiger partial charge in [-0.05, 0) is 42.5 Å². The van der Waals surface area contributed by atoms with E-state index in [9.17, 15) is 0 Å². The maximum absolute atomic E-state index is 6.77. The highest BCUT2D eigenvalue weighted by Crippen LogP contribution is 2.41. The fraction of sp³-hybridized carbons (Fsp3) is 0.